The van der Waals surface area contributed by atoms with Crippen molar-refractivity contribution < 1.29 is 22.4 Å². The monoisotopic (exact) mass is 309 g/mol. The summed E-state index contributed by atoms with van der Waals surface area (Å²) in [6.45, 7) is 3.50. The summed E-state index contributed by atoms with van der Waals surface area (Å²) in [7, 11) is -2.68. The zero-order valence-electron chi connectivity index (χ0n) is 11.8. The normalized spacial score (nSPS) is 11.2. The number of nitrogens with one attached hydrogen (secondary N) is 1. The summed E-state index contributed by atoms with van der Waals surface area (Å²) in [6, 6.07) is 6.12. The Morgan fingerprint density at radius 3 is 2.57 bits per heavy atom. The van der Waals surface area contributed by atoms with Crippen molar-refractivity contribution in [2.75, 3.05) is 7.11 Å². The molecule has 0 unspecified atom stereocenters. The maximum absolute atomic E-state index is 12.4. The number of methoxy groups -OCH3 is 1. The Morgan fingerprint density at radius 2 is 2.00 bits per heavy atom. The Labute approximate surface area is 122 Å². The van der Waals surface area contributed by atoms with Gasteiger partial charge in [0.2, 0.25) is 0 Å². The summed E-state index contributed by atoms with van der Waals surface area (Å²) in [4.78, 5) is 11.8. The number of rotatable bonds is 4. The van der Waals surface area contributed by atoms with Crippen LogP contribution in [0.25, 0.3) is 0 Å². The molecule has 0 saturated heterocycles. The third-order valence-electron chi connectivity index (χ3n) is 2.85. The van der Waals surface area contributed by atoms with Gasteiger partial charge in [-0.3, -0.25) is 4.79 Å². The number of aryl methyl sites for hydroxylation is 2. The fourth-order valence-corrected chi connectivity index (χ4v) is 3.30. The highest BCUT2D eigenvalue weighted by atomic mass is 32.2. The number of benzene rings is 1. The second-order valence-corrected chi connectivity index (χ2v) is 6.18. The topological polar surface area (TPSA) is 85.6 Å². The van der Waals surface area contributed by atoms with Crippen molar-refractivity contribution in [2.45, 2.75) is 18.7 Å². The first-order valence-electron chi connectivity index (χ1n) is 6.11. The van der Waals surface area contributed by atoms with Gasteiger partial charge in [0.1, 0.15) is 10.6 Å². The van der Waals surface area contributed by atoms with Gasteiger partial charge >= 0.3 is 5.91 Å². The van der Waals surface area contributed by atoms with E-state index in [2.05, 4.69) is 0 Å². The van der Waals surface area contributed by atoms with Crippen LogP contribution in [0.4, 0.5) is 0 Å². The van der Waals surface area contributed by atoms with Gasteiger partial charge in [0, 0.05) is 0 Å². The van der Waals surface area contributed by atoms with E-state index in [0.29, 0.717) is 5.56 Å². The lowest BCUT2D eigenvalue weighted by atomic mass is 10.1. The lowest BCUT2D eigenvalue weighted by molar-refractivity contribution is 0.0954. The van der Waals surface area contributed by atoms with Crippen molar-refractivity contribution in [3.05, 3.63) is 47.4 Å². The standard InChI is InChI=1S/C14H15NO5S/c1-9-7-10(2)13(19-3)12(8-9)21(17,18)15-14(16)11-5-4-6-20-11/h4-8H,1-3H3,(H,15,16). The van der Waals surface area contributed by atoms with Crippen LogP contribution < -0.4 is 9.46 Å². The Hall–Kier alpha value is -2.28. The van der Waals surface area contributed by atoms with E-state index in [4.69, 9.17) is 9.15 Å². The number of carbonyl (C=O) groups excluding carboxylic acids is 1. The van der Waals surface area contributed by atoms with E-state index >= 15 is 0 Å². The van der Waals surface area contributed by atoms with Crippen molar-refractivity contribution >= 4 is 15.9 Å². The maximum Gasteiger partial charge on any atom is 0.300 e. The number of ether oxygens (including phenoxy) is 1. The van der Waals surface area contributed by atoms with Crippen LogP contribution in [0.2, 0.25) is 0 Å². The van der Waals surface area contributed by atoms with Gasteiger partial charge in [0.25, 0.3) is 10.0 Å². The van der Waals surface area contributed by atoms with Gasteiger partial charge in [-0.25, -0.2) is 13.1 Å². The molecule has 1 aromatic heterocycles. The highest BCUT2D eigenvalue weighted by Gasteiger charge is 2.25. The number of hydrogen-bond donors (Lipinski definition) is 1. The molecule has 2 rings (SSSR count). The fourth-order valence-electron chi connectivity index (χ4n) is 2.01. The Morgan fingerprint density at radius 1 is 1.29 bits per heavy atom. The van der Waals surface area contributed by atoms with Crippen LogP contribution in [0, 0.1) is 13.8 Å². The number of amides is 1. The lowest BCUT2D eigenvalue weighted by Crippen LogP contribution is -2.30. The van der Waals surface area contributed by atoms with E-state index in [-0.39, 0.29) is 16.4 Å². The first kappa shape index (κ1) is 15.1. The Kier molecular flexibility index (Phi) is 4.04. The van der Waals surface area contributed by atoms with Gasteiger partial charge in [0.15, 0.2) is 5.76 Å². The van der Waals surface area contributed by atoms with Crippen molar-refractivity contribution in [1.29, 1.82) is 0 Å². The number of sulfonamides is 1. The van der Waals surface area contributed by atoms with Crippen molar-refractivity contribution in [2.24, 2.45) is 0 Å². The molecule has 0 fully saturated rings. The van der Waals surface area contributed by atoms with Gasteiger partial charge in [-0.1, -0.05) is 6.07 Å². The van der Waals surface area contributed by atoms with Gasteiger partial charge in [-0.15, -0.1) is 0 Å². The smallest absolute Gasteiger partial charge is 0.300 e. The molecule has 0 bridgehead atoms. The average Bonchev–Trinajstić information content (AvgIpc) is 2.91. The molecule has 1 heterocycles. The highest BCUT2D eigenvalue weighted by molar-refractivity contribution is 7.90. The predicted molar refractivity (Wildman–Crippen MR) is 75.8 cm³/mol. The first-order chi connectivity index (χ1) is 9.85. The highest BCUT2D eigenvalue weighted by Crippen LogP contribution is 2.29. The molecule has 0 saturated carbocycles. The van der Waals surface area contributed by atoms with Crippen LogP contribution >= 0.6 is 0 Å². The van der Waals surface area contributed by atoms with Crippen molar-refractivity contribution in [1.82, 2.24) is 4.72 Å². The maximum atomic E-state index is 12.4. The van der Waals surface area contributed by atoms with Crippen LogP contribution in [-0.4, -0.2) is 21.4 Å². The van der Waals surface area contributed by atoms with Crippen LogP contribution in [0.5, 0.6) is 5.75 Å². The largest absolute Gasteiger partial charge is 0.495 e. The molecule has 0 aliphatic carbocycles. The summed E-state index contributed by atoms with van der Waals surface area (Å²) < 4.78 is 36.7. The minimum Gasteiger partial charge on any atom is -0.495 e. The summed E-state index contributed by atoms with van der Waals surface area (Å²) in [5.74, 6) is -0.705. The predicted octanol–water partition coefficient (Wildman–Crippen LogP) is 2.02. The molecule has 1 amide bonds. The summed E-state index contributed by atoms with van der Waals surface area (Å²) in [6.07, 6.45) is 1.29. The molecule has 0 aliphatic rings. The van der Waals surface area contributed by atoms with Gasteiger partial charge < -0.3 is 9.15 Å². The average molecular weight is 309 g/mol. The van der Waals surface area contributed by atoms with Gasteiger partial charge in [-0.05, 0) is 43.2 Å². The molecule has 112 valence electrons. The Balaban J connectivity index is 2.43. The van der Waals surface area contributed by atoms with E-state index in [0.717, 1.165) is 5.56 Å². The van der Waals surface area contributed by atoms with Gasteiger partial charge in [0.05, 0.1) is 13.4 Å². The second kappa shape index (κ2) is 5.61. The number of hydrogen-bond acceptors (Lipinski definition) is 5. The van der Waals surface area contributed by atoms with E-state index < -0.39 is 15.9 Å². The molecule has 1 aromatic carbocycles. The van der Waals surface area contributed by atoms with E-state index in [1.165, 1.54) is 31.6 Å². The first-order valence-corrected chi connectivity index (χ1v) is 7.59. The number of carbonyl (C=O) groups is 1. The molecule has 21 heavy (non-hydrogen) atoms. The molecule has 6 nitrogen and oxygen atoms in total. The van der Waals surface area contributed by atoms with Gasteiger partial charge in [-0.2, -0.15) is 0 Å². The zero-order valence-corrected chi connectivity index (χ0v) is 12.7. The third kappa shape index (κ3) is 3.08. The molecular weight excluding hydrogens is 294 g/mol. The molecule has 7 heteroatoms. The Bertz CT molecular complexity index is 763. The summed E-state index contributed by atoms with van der Waals surface area (Å²) in [5, 5.41) is 0. The fraction of sp³-hybridized carbons (Fsp3) is 0.214. The molecular formula is C14H15NO5S. The lowest BCUT2D eigenvalue weighted by Gasteiger charge is -2.13. The molecule has 0 atom stereocenters. The zero-order chi connectivity index (χ0) is 15.6. The summed E-state index contributed by atoms with van der Waals surface area (Å²) >= 11 is 0. The van der Waals surface area contributed by atoms with Crippen LogP contribution in [0.3, 0.4) is 0 Å². The molecule has 0 radical (unpaired) electrons. The van der Waals surface area contributed by atoms with E-state index in [9.17, 15) is 13.2 Å². The minimum atomic E-state index is -4.06. The van der Waals surface area contributed by atoms with Crippen molar-refractivity contribution in [3.63, 3.8) is 0 Å². The summed E-state index contributed by atoms with van der Waals surface area (Å²) in [5.41, 5.74) is 1.42. The van der Waals surface area contributed by atoms with Crippen LogP contribution in [0.1, 0.15) is 21.7 Å². The van der Waals surface area contributed by atoms with E-state index in [1.54, 1.807) is 19.9 Å². The minimum absolute atomic E-state index is 0.0811. The SMILES string of the molecule is COc1c(C)cc(C)cc1S(=O)(=O)NC(=O)c1ccco1. The third-order valence-corrected chi connectivity index (χ3v) is 4.19. The van der Waals surface area contributed by atoms with Crippen LogP contribution in [0.15, 0.2) is 39.8 Å². The number of furan rings is 1. The second-order valence-electron chi connectivity index (χ2n) is 4.53. The molecule has 0 aliphatic heterocycles. The van der Waals surface area contributed by atoms with E-state index in [1.807, 2.05) is 4.72 Å². The van der Waals surface area contributed by atoms with Crippen LogP contribution in [-0.2, 0) is 10.0 Å². The quantitative estimate of drug-likeness (QED) is 0.934. The molecule has 0 spiro atoms. The van der Waals surface area contributed by atoms with Crippen molar-refractivity contribution in [3.8, 4) is 5.75 Å². The molecule has 1 N–H and O–H groups in total. The molecule has 2 aromatic rings.